The lowest BCUT2D eigenvalue weighted by molar-refractivity contribution is 0.0436. The fraction of sp³-hybridized carbons (Fsp3) is 0.464. The van der Waals surface area contributed by atoms with Gasteiger partial charge in [0.15, 0.2) is 5.82 Å². The summed E-state index contributed by atoms with van der Waals surface area (Å²) in [6, 6.07) is 12.0. The molecule has 1 aliphatic carbocycles. The molecule has 0 saturated heterocycles. The van der Waals surface area contributed by atoms with Gasteiger partial charge in [-0.25, -0.2) is 14.2 Å². The Hall–Kier alpha value is -3.42. The van der Waals surface area contributed by atoms with E-state index >= 15 is 0 Å². The highest BCUT2D eigenvalue weighted by Gasteiger charge is 2.38. The van der Waals surface area contributed by atoms with Gasteiger partial charge in [0.25, 0.3) is 5.91 Å². The van der Waals surface area contributed by atoms with Crippen LogP contribution < -0.4 is 10.6 Å². The summed E-state index contributed by atoms with van der Waals surface area (Å²) in [5.74, 6) is 0.361. The van der Waals surface area contributed by atoms with Crippen molar-refractivity contribution in [2.24, 2.45) is 11.8 Å². The van der Waals surface area contributed by atoms with Crippen molar-refractivity contribution in [1.82, 2.24) is 20.6 Å². The summed E-state index contributed by atoms with van der Waals surface area (Å²) in [6.45, 7) is 10.1. The summed E-state index contributed by atoms with van der Waals surface area (Å²) in [5.41, 5.74) is 2.31. The Bertz CT molecular complexity index is 1240. The smallest absolute Gasteiger partial charge is 0.408 e. The zero-order valence-corrected chi connectivity index (χ0v) is 21.6. The standard InChI is InChI=1S/C28H35FN4O3/c1-27(2,3)36-26(35)33-28(4,5)20-10-6-17(14-20)16-30-25(34)24-31-22-13-9-19(15-23(22)32-24)18-7-11-21(29)12-8-18/h7-9,11-13,15,17,20H,6,10,14,16H2,1-5H3,(H,30,34)(H,31,32)(H,33,35)/t17-,20?/m0/s1. The molecule has 1 aliphatic rings. The van der Waals surface area contributed by atoms with E-state index in [2.05, 4.69) is 20.6 Å². The molecule has 2 amide bonds. The Labute approximate surface area is 211 Å². The second-order valence-corrected chi connectivity index (χ2v) is 11.3. The summed E-state index contributed by atoms with van der Waals surface area (Å²) in [5, 5.41) is 6.03. The van der Waals surface area contributed by atoms with Crippen LogP contribution >= 0.6 is 0 Å². The second-order valence-electron chi connectivity index (χ2n) is 11.3. The quantitative estimate of drug-likeness (QED) is 0.402. The van der Waals surface area contributed by atoms with Gasteiger partial charge in [0.2, 0.25) is 0 Å². The van der Waals surface area contributed by atoms with Crippen LogP contribution in [0.25, 0.3) is 22.2 Å². The van der Waals surface area contributed by atoms with Crippen molar-refractivity contribution < 1.29 is 18.7 Å². The number of rotatable bonds is 6. The van der Waals surface area contributed by atoms with Crippen molar-refractivity contribution in [3.63, 3.8) is 0 Å². The summed E-state index contributed by atoms with van der Waals surface area (Å²) < 4.78 is 18.7. The number of carbonyl (C=O) groups excluding carboxylic acids is 2. The maximum Gasteiger partial charge on any atom is 0.408 e. The van der Waals surface area contributed by atoms with Gasteiger partial charge in [-0.15, -0.1) is 0 Å². The average Bonchev–Trinajstić information content (AvgIpc) is 3.43. The highest BCUT2D eigenvalue weighted by Crippen LogP contribution is 2.37. The Kier molecular flexibility index (Phi) is 7.07. The Morgan fingerprint density at radius 1 is 1.06 bits per heavy atom. The normalized spacial score (nSPS) is 18.3. The van der Waals surface area contributed by atoms with Crippen molar-refractivity contribution in [1.29, 1.82) is 0 Å². The van der Waals surface area contributed by atoms with E-state index in [1.165, 1.54) is 12.1 Å². The first-order chi connectivity index (χ1) is 16.9. The van der Waals surface area contributed by atoms with E-state index in [1.54, 1.807) is 12.1 Å². The number of hydrogen-bond acceptors (Lipinski definition) is 4. The van der Waals surface area contributed by atoms with Crippen LogP contribution in [0.4, 0.5) is 9.18 Å². The van der Waals surface area contributed by atoms with Crippen molar-refractivity contribution >= 4 is 23.0 Å². The Balaban J connectivity index is 1.33. The first kappa shape index (κ1) is 25.7. The molecular formula is C28H35FN4O3. The summed E-state index contributed by atoms with van der Waals surface area (Å²) in [4.78, 5) is 32.6. The maximum atomic E-state index is 13.2. The minimum atomic E-state index is -0.540. The van der Waals surface area contributed by atoms with E-state index in [0.29, 0.717) is 23.9 Å². The highest BCUT2D eigenvalue weighted by molar-refractivity contribution is 5.94. The van der Waals surface area contributed by atoms with E-state index < -0.39 is 17.2 Å². The molecule has 0 radical (unpaired) electrons. The van der Waals surface area contributed by atoms with Crippen LogP contribution in [0.5, 0.6) is 0 Å². The van der Waals surface area contributed by atoms with Crippen LogP contribution in [0.1, 0.15) is 64.5 Å². The molecule has 192 valence electrons. The van der Waals surface area contributed by atoms with Crippen LogP contribution in [0.2, 0.25) is 0 Å². The molecule has 2 aromatic carbocycles. The van der Waals surface area contributed by atoms with Crippen LogP contribution in [0, 0.1) is 17.7 Å². The summed E-state index contributed by atoms with van der Waals surface area (Å²) in [6.07, 6.45) is 2.45. The fourth-order valence-electron chi connectivity index (χ4n) is 4.84. The third-order valence-corrected chi connectivity index (χ3v) is 6.81. The van der Waals surface area contributed by atoms with Crippen molar-refractivity contribution in [3.8, 4) is 11.1 Å². The molecule has 1 heterocycles. The van der Waals surface area contributed by atoms with E-state index in [4.69, 9.17) is 4.74 Å². The first-order valence-corrected chi connectivity index (χ1v) is 12.4. The molecule has 0 aliphatic heterocycles. The van der Waals surface area contributed by atoms with E-state index in [0.717, 1.165) is 35.9 Å². The van der Waals surface area contributed by atoms with Crippen LogP contribution in [-0.4, -0.2) is 39.7 Å². The summed E-state index contributed by atoms with van der Waals surface area (Å²) in [7, 11) is 0. The molecule has 0 spiro atoms. The van der Waals surface area contributed by atoms with Crippen molar-refractivity contribution in [2.75, 3.05) is 6.54 Å². The number of aromatic amines is 1. The third-order valence-electron chi connectivity index (χ3n) is 6.81. The molecule has 3 N–H and O–H groups in total. The lowest BCUT2D eigenvalue weighted by Crippen LogP contribution is -2.50. The largest absolute Gasteiger partial charge is 0.444 e. The topological polar surface area (TPSA) is 96.1 Å². The third kappa shape index (κ3) is 6.22. The highest BCUT2D eigenvalue weighted by atomic mass is 19.1. The summed E-state index contributed by atoms with van der Waals surface area (Å²) >= 11 is 0. The molecule has 1 unspecified atom stereocenters. The van der Waals surface area contributed by atoms with Crippen LogP contribution in [0.15, 0.2) is 42.5 Å². The molecule has 4 rings (SSSR count). The van der Waals surface area contributed by atoms with E-state index in [-0.39, 0.29) is 17.5 Å². The maximum absolute atomic E-state index is 13.2. The van der Waals surface area contributed by atoms with Gasteiger partial charge < -0.3 is 20.4 Å². The predicted molar refractivity (Wildman–Crippen MR) is 138 cm³/mol. The van der Waals surface area contributed by atoms with E-state index in [9.17, 15) is 14.0 Å². The molecule has 8 heteroatoms. The molecule has 0 bridgehead atoms. The monoisotopic (exact) mass is 494 g/mol. The zero-order valence-electron chi connectivity index (χ0n) is 21.6. The Morgan fingerprint density at radius 3 is 2.44 bits per heavy atom. The van der Waals surface area contributed by atoms with Crippen LogP contribution in [0.3, 0.4) is 0 Å². The van der Waals surface area contributed by atoms with Gasteiger partial charge in [-0.2, -0.15) is 0 Å². The van der Waals surface area contributed by atoms with Gasteiger partial charge in [-0.1, -0.05) is 18.2 Å². The number of ether oxygens (including phenoxy) is 1. The minimum absolute atomic E-state index is 0.246. The second kappa shape index (κ2) is 9.91. The van der Waals surface area contributed by atoms with Gasteiger partial charge in [0.05, 0.1) is 11.0 Å². The molecule has 1 aromatic heterocycles. The lowest BCUT2D eigenvalue weighted by atomic mass is 9.85. The molecule has 7 nitrogen and oxygen atoms in total. The van der Waals surface area contributed by atoms with Crippen LogP contribution in [-0.2, 0) is 4.74 Å². The number of imidazole rings is 1. The minimum Gasteiger partial charge on any atom is -0.444 e. The number of alkyl carbamates (subject to hydrolysis) is 1. The van der Waals surface area contributed by atoms with Gasteiger partial charge in [-0.3, -0.25) is 4.79 Å². The number of H-pyrrole nitrogens is 1. The number of hydrogen-bond donors (Lipinski definition) is 3. The number of carbonyl (C=O) groups is 2. The number of benzene rings is 2. The van der Waals surface area contributed by atoms with E-state index in [1.807, 2.05) is 52.8 Å². The molecular weight excluding hydrogens is 459 g/mol. The molecule has 1 saturated carbocycles. The van der Waals surface area contributed by atoms with Crippen molar-refractivity contribution in [2.45, 2.75) is 65.0 Å². The Morgan fingerprint density at radius 2 is 1.75 bits per heavy atom. The first-order valence-electron chi connectivity index (χ1n) is 12.4. The number of halogens is 1. The molecule has 36 heavy (non-hydrogen) atoms. The van der Waals surface area contributed by atoms with Gasteiger partial charge in [-0.05, 0) is 101 Å². The van der Waals surface area contributed by atoms with Crippen molar-refractivity contribution in [3.05, 3.63) is 54.1 Å². The number of nitrogens with zero attached hydrogens (tertiary/aromatic N) is 1. The number of amides is 2. The fourth-order valence-corrected chi connectivity index (χ4v) is 4.84. The molecule has 1 fully saturated rings. The number of fused-ring (bicyclic) bond motifs is 1. The SMILES string of the molecule is CC(C)(C)OC(=O)NC(C)(C)C1CC[C@H](CNC(=O)c2nc3ccc(-c4ccc(F)cc4)cc3[nH]2)C1. The lowest BCUT2D eigenvalue weighted by Gasteiger charge is -2.34. The molecule has 2 atom stereocenters. The number of nitrogens with one attached hydrogen (secondary N) is 3. The molecule has 3 aromatic rings. The average molecular weight is 495 g/mol. The zero-order chi connectivity index (χ0) is 26.1. The van der Waals surface area contributed by atoms with Gasteiger partial charge >= 0.3 is 6.09 Å². The predicted octanol–water partition coefficient (Wildman–Crippen LogP) is 5.82. The van der Waals surface area contributed by atoms with Gasteiger partial charge in [0.1, 0.15) is 11.4 Å². The number of aromatic nitrogens is 2. The van der Waals surface area contributed by atoms with Gasteiger partial charge in [0, 0.05) is 12.1 Å².